The van der Waals surface area contributed by atoms with Crippen molar-refractivity contribution in [2.24, 2.45) is 0 Å². The summed E-state index contributed by atoms with van der Waals surface area (Å²) in [5.74, 6) is 3.37. The third-order valence-electron chi connectivity index (χ3n) is 4.43. The van der Waals surface area contributed by atoms with Crippen LogP contribution in [-0.4, -0.2) is 64.8 Å². The van der Waals surface area contributed by atoms with Gasteiger partial charge in [-0.05, 0) is 26.0 Å². The molecule has 0 aliphatic carbocycles. The molecule has 1 aromatic rings. The van der Waals surface area contributed by atoms with E-state index in [2.05, 4.69) is 31.9 Å². The van der Waals surface area contributed by atoms with Crippen LogP contribution in [-0.2, 0) is 4.74 Å². The number of rotatable bonds is 4. The van der Waals surface area contributed by atoms with Crippen LogP contribution in [0.1, 0.15) is 17.8 Å². The molecule has 0 amide bonds. The van der Waals surface area contributed by atoms with Crippen LogP contribution in [0.15, 0.2) is 6.20 Å². The number of nitrogens with zero attached hydrogens (tertiary/aromatic N) is 3. The summed E-state index contributed by atoms with van der Waals surface area (Å²) in [7, 11) is 0. The molecule has 2 fully saturated rings. The van der Waals surface area contributed by atoms with Gasteiger partial charge in [-0.25, -0.2) is 4.98 Å². The van der Waals surface area contributed by atoms with E-state index in [4.69, 9.17) is 4.74 Å². The molecule has 2 aliphatic heterocycles. The lowest BCUT2D eigenvalue weighted by molar-refractivity contribution is -0.00923. The maximum absolute atomic E-state index is 5.51. The van der Waals surface area contributed by atoms with E-state index in [0.29, 0.717) is 0 Å². The molecule has 3 heterocycles. The average molecular weight is 308 g/mol. The molecule has 3 rings (SSSR count). The van der Waals surface area contributed by atoms with Gasteiger partial charge in [-0.2, -0.15) is 11.8 Å². The number of aryl methyl sites for hydroxylation is 2. The van der Waals surface area contributed by atoms with Crippen molar-refractivity contribution in [2.75, 3.05) is 49.7 Å². The van der Waals surface area contributed by atoms with E-state index in [1.165, 1.54) is 17.9 Å². The lowest BCUT2D eigenvalue weighted by Crippen LogP contribution is -2.57. The highest BCUT2D eigenvalue weighted by molar-refractivity contribution is 7.99. The minimum atomic E-state index is 0.242. The second-order valence-electron chi connectivity index (χ2n) is 5.93. The molecular weight excluding hydrogens is 284 g/mol. The number of nitrogens with one attached hydrogen (secondary N) is 1. The minimum absolute atomic E-state index is 0.242. The summed E-state index contributed by atoms with van der Waals surface area (Å²) < 4.78 is 5.51. The van der Waals surface area contributed by atoms with Crippen molar-refractivity contribution in [3.05, 3.63) is 17.6 Å². The van der Waals surface area contributed by atoms with Gasteiger partial charge < -0.3 is 10.1 Å². The Labute approximate surface area is 130 Å². The van der Waals surface area contributed by atoms with Gasteiger partial charge in [0.25, 0.3) is 0 Å². The van der Waals surface area contributed by atoms with E-state index in [1.807, 2.05) is 20.0 Å². The highest BCUT2D eigenvalue weighted by Gasteiger charge is 2.40. The van der Waals surface area contributed by atoms with Crippen LogP contribution in [0.5, 0.6) is 0 Å². The average Bonchev–Trinajstić information content (AvgIpc) is 2.99. The zero-order valence-corrected chi connectivity index (χ0v) is 13.7. The molecule has 1 atom stereocenters. The fourth-order valence-electron chi connectivity index (χ4n) is 3.09. The molecule has 0 bridgehead atoms. The van der Waals surface area contributed by atoms with Crippen molar-refractivity contribution in [1.82, 2.24) is 14.9 Å². The van der Waals surface area contributed by atoms with Crippen LogP contribution >= 0.6 is 11.8 Å². The van der Waals surface area contributed by atoms with Crippen LogP contribution < -0.4 is 5.32 Å². The first-order valence-electron chi connectivity index (χ1n) is 7.64. The Morgan fingerprint density at radius 3 is 2.90 bits per heavy atom. The Hall–Kier alpha value is -0.850. The van der Waals surface area contributed by atoms with Gasteiger partial charge in [-0.15, -0.1) is 0 Å². The first-order valence-corrected chi connectivity index (χ1v) is 8.80. The van der Waals surface area contributed by atoms with Gasteiger partial charge in [0.05, 0.1) is 24.6 Å². The number of morpholine rings is 1. The maximum Gasteiger partial charge on any atom is 0.147 e. The van der Waals surface area contributed by atoms with Crippen LogP contribution in [0, 0.1) is 13.8 Å². The van der Waals surface area contributed by atoms with Crippen molar-refractivity contribution < 1.29 is 4.74 Å². The quantitative estimate of drug-likeness (QED) is 0.914. The predicted octanol–water partition coefficient (Wildman–Crippen LogP) is 1.71. The standard InChI is InChI=1S/C15H24N4OS/c1-12-9-16-13(2)14(18-12)17-10-15(3-8-21-11-15)19-4-6-20-7-5-19/h9H,3-8,10-11H2,1-2H3,(H,17,18). The maximum atomic E-state index is 5.51. The van der Waals surface area contributed by atoms with Gasteiger partial charge in [0.1, 0.15) is 5.82 Å². The third kappa shape index (κ3) is 3.33. The molecule has 5 nitrogen and oxygen atoms in total. The largest absolute Gasteiger partial charge is 0.379 e. The summed E-state index contributed by atoms with van der Waals surface area (Å²) in [5, 5.41) is 3.56. The molecule has 116 valence electrons. The van der Waals surface area contributed by atoms with Gasteiger partial charge in [0.2, 0.25) is 0 Å². The Balaban J connectivity index is 1.71. The number of thioether (sulfide) groups is 1. The number of aromatic nitrogens is 2. The third-order valence-corrected chi connectivity index (χ3v) is 5.66. The van der Waals surface area contributed by atoms with E-state index in [-0.39, 0.29) is 5.54 Å². The molecule has 0 spiro atoms. The molecule has 2 saturated heterocycles. The summed E-state index contributed by atoms with van der Waals surface area (Å²) in [6, 6.07) is 0. The number of hydrogen-bond donors (Lipinski definition) is 1. The molecule has 6 heteroatoms. The number of anilines is 1. The fraction of sp³-hybridized carbons (Fsp3) is 0.733. The molecule has 1 N–H and O–H groups in total. The summed E-state index contributed by atoms with van der Waals surface area (Å²) in [6.07, 6.45) is 3.06. The predicted molar refractivity (Wildman–Crippen MR) is 87.1 cm³/mol. The van der Waals surface area contributed by atoms with Crippen LogP contribution in [0.2, 0.25) is 0 Å². The van der Waals surface area contributed by atoms with Crippen LogP contribution in [0.4, 0.5) is 5.82 Å². The first kappa shape index (κ1) is 15.1. The van der Waals surface area contributed by atoms with Crippen molar-refractivity contribution in [3.63, 3.8) is 0 Å². The van der Waals surface area contributed by atoms with Crippen LogP contribution in [0.3, 0.4) is 0 Å². The number of hydrogen-bond acceptors (Lipinski definition) is 6. The fourth-order valence-corrected chi connectivity index (χ4v) is 4.57. The normalized spacial score (nSPS) is 27.0. The first-order chi connectivity index (χ1) is 10.2. The highest BCUT2D eigenvalue weighted by atomic mass is 32.2. The molecule has 21 heavy (non-hydrogen) atoms. The molecule has 1 aromatic heterocycles. The van der Waals surface area contributed by atoms with Crippen molar-refractivity contribution in [1.29, 1.82) is 0 Å². The Morgan fingerprint density at radius 2 is 2.19 bits per heavy atom. The lowest BCUT2D eigenvalue weighted by atomic mass is 9.95. The van der Waals surface area contributed by atoms with E-state index in [9.17, 15) is 0 Å². The Morgan fingerprint density at radius 1 is 1.38 bits per heavy atom. The van der Waals surface area contributed by atoms with E-state index < -0.39 is 0 Å². The van der Waals surface area contributed by atoms with Crippen molar-refractivity contribution >= 4 is 17.6 Å². The molecule has 0 saturated carbocycles. The molecule has 1 unspecified atom stereocenters. The monoisotopic (exact) mass is 308 g/mol. The van der Waals surface area contributed by atoms with E-state index in [0.717, 1.165) is 50.1 Å². The van der Waals surface area contributed by atoms with Gasteiger partial charge in [0.15, 0.2) is 0 Å². The lowest BCUT2D eigenvalue weighted by Gasteiger charge is -2.43. The van der Waals surface area contributed by atoms with Gasteiger partial charge in [-0.1, -0.05) is 0 Å². The van der Waals surface area contributed by atoms with E-state index in [1.54, 1.807) is 0 Å². The van der Waals surface area contributed by atoms with E-state index >= 15 is 0 Å². The highest BCUT2D eigenvalue weighted by Crippen LogP contribution is 2.34. The van der Waals surface area contributed by atoms with Crippen molar-refractivity contribution in [3.8, 4) is 0 Å². The topological polar surface area (TPSA) is 50.3 Å². The van der Waals surface area contributed by atoms with Gasteiger partial charge >= 0.3 is 0 Å². The summed E-state index contributed by atoms with van der Waals surface area (Å²) in [5.41, 5.74) is 2.18. The van der Waals surface area contributed by atoms with Gasteiger partial charge in [-0.3, -0.25) is 9.88 Å². The molecular formula is C15H24N4OS. The summed E-state index contributed by atoms with van der Waals surface area (Å²) in [4.78, 5) is 11.6. The zero-order valence-electron chi connectivity index (χ0n) is 12.9. The smallest absolute Gasteiger partial charge is 0.147 e. The summed E-state index contributed by atoms with van der Waals surface area (Å²) in [6.45, 7) is 8.74. The zero-order chi connectivity index (χ0) is 14.7. The molecule has 0 radical (unpaired) electrons. The SMILES string of the molecule is Cc1cnc(C)c(NCC2(N3CCOCC3)CCSC2)n1. The Bertz CT molecular complexity index is 485. The second-order valence-corrected chi connectivity index (χ2v) is 7.03. The second kappa shape index (κ2) is 6.50. The van der Waals surface area contributed by atoms with Crippen molar-refractivity contribution in [2.45, 2.75) is 25.8 Å². The minimum Gasteiger partial charge on any atom is -0.379 e. The van der Waals surface area contributed by atoms with Crippen LogP contribution in [0.25, 0.3) is 0 Å². The van der Waals surface area contributed by atoms with Gasteiger partial charge in [0, 0.05) is 37.1 Å². The number of ether oxygens (including phenoxy) is 1. The summed E-state index contributed by atoms with van der Waals surface area (Å²) >= 11 is 2.06. The Kier molecular flexibility index (Phi) is 4.66. The molecule has 2 aliphatic rings. The molecule has 0 aromatic carbocycles.